The highest BCUT2D eigenvalue weighted by Gasteiger charge is 2.34. The van der Waals surface area contributed by atoms with Crippen molar-refractivity contribution in [2.45, 2.75) is 38.8 Å². The van der Waals surface area contributed by atoms with Gasteiger partial charge in [0.2, 0.25) is 5.91 Å². The summed E-state index contributed by atoms with van der Waals surface area (Å²) in [6.07, 6.45) is 2.72. The number of hydrogen-bond acceptors (Lipinski definition) is 3. The first-order valence-corrected chi connectivity index (χ1v) is 7.51. The van der Waals surface area contributed by atoms with Crippen LogP contribution < -0.4 is 16.0 Å². The summed E-state index contributed by atoms with van der Waals surface area (Å²) in [7, 11) is 0. The van der Waals surface area contributed by atoms with Gasteiger partial charge in [-0.2, -0.15) is 0 Å². The van der Waals surface area contributed by atoms with Crippen LogP contribution in [-0.2, 0) is 11.3 Å². The number of nitrogens with two attached hydrogens (primary N) is 1. The first-order valence-electron chi connectivity index (χ1n) is 7.51. The van der Waals surface area contributed by atoms with Crippen LogP contribution in [0, 0.1) is 12.8 Å². The molecule has 2 fully saturated rings. The Hall–Kier alpha value is -1.55. The Kier molecular flexibility index (Phi) is 3.66. The Balaban J connectivity index is 1.78. The molecule has 2 heterocycles. The number of piperidine rings is 2. The van der Waals surface area contributed by atoms with E-state index in [0.29, 0.717) is 24.9 Å². The van der Waals surface area contributed by atoms with E-state index in [2.05, 4.69) is 35.3 Å². The van der Waals surface area contributed by atoms with Gasteiger partial charge in [-0.3, -0.25) is 4.79 Å². The highest BCUT2D eigenvalue weighted by atomic mass is 16.1. The number of benzene rings is 1. The van der Waals surface area contributed by atoms with E-state index >= 15 is 0 Å². The lowest BCUT2D eigenvalue weighted by atomic mass is 9.84. The molecule has 2 atom stereocenters. The van der Waals surface area contributed by atoms with Crippen molar-refractivity contribution in [2.75, 3.05) is 18.0 Å². The normalized spacial score (nSPS) is 26.1. The highest BCUT2D eigenvalue weighted by Crippen LogP contribution is 2.30. The monoisotopic (exact) mass is 273 g/mol. The Bertz CT molecular complexity index is 514. The van der Waals surface area contributed by atoms with Crippen molar-refractivity contribution in [3.8, 4) is 0 Å². The molecular weight excluding hydrogens is 250 g/mol. The first kappa shape index (κ1) is 13.4. The van der Waals surface area contributed by atoms with Gasteiger partial charge in [-0.25, -0.2) is 0 Å². The van der Waals surface area contributed by atoms with Crippen LogP contribution in [0.15, 0.2) is 18.2 Å². The summed E-state index contributed by atoms with van der Waals surface area (Å²) in [5.74, 6) is 0.797. The molecule has 0 aromatic heterocycles. The maximum atomic E-state index is 11.5. The van der Waals surface area contributed by atoms with Crippen LogP contribution in [0.5, 0.6) is 0 Å². The number of carbonyl (C=O) groups excluding carboxylic acids is 1. The summed E-state index contributed by atoms with van der Waals surface area (Å²) < 4.78 is 0. The smallest absolute Gasteiger partial charge is 0.220 e. The van der Waals surface area contributed by atoms with E-state index in [1.807, 2.05) is 0 Å². The molecule has 0 radical (unpaired) electrons. The van der Waals surface area contributed by atoms with Crippen molar-refractivity contribution < 1.29 is 4.79 Å². The zero-order valence-corrected chi connectivity index (χ0v) is 12.1. The van der Waals surface area contributed by atoms with Gasteiger partial charge in [0.05, 0.1) is 0 Å². The van der Waals surface area contributed by atoms with Gasteiger partial charge in [-0.05, 0) is 37.3 Å². The summed E-state index contributed by atoms with van der Waals surface area (Å²) >= 11 is 0. The minimum absolute atomic E-state index is 0.220. The highest BCUT2D eigenvalue weighted by molar-refractivity contribution is 5.77. The molecule has 4 heteroatoms. The van der Waals surface area contributed by atoms with E-state index in [9.17, 15) is 4.79 Å². The lowest BCUT2D eigenvalue weighted by molar-refractivity contribution is -0.124. The topological polar surface area (TPSA) is 58.4 Å². The molecule has 3 N–H and O–H groups in total. The van der Waals surface area contributed by atoms with Gasteiger partial charge in [0.15, 0.2) is 0 Å². The van der Waals surface area contributed by atoms with Crippen molar-refractivity contribution >= 4 is 11.6 Å². The van der Waals surface area contributed by atoms with Crippen LogP contribution in [0.4, 0.5) is 5.69 Å². The van der Waals surface area contributed by atoms with Crippen LogP contribution >= 0.6 is 0 Å². The number of fused-ring (bicyclic) bond motifs is 1. The molecule has 2 saturated heterocycles. The zero-order chi connectivity index (χ0) is 14.1. The molecule has 0 saturated carbocycles. The van der Waals surface area contributed by atoms with Crippen molar-refractivity contribution in [1.29, 1.82) is 0 Å². The van der Waals surface area contributed by atoms with E-state index in [1.165, 1.54) is 16.8 Å². The minimum atomic E-state index is 0.220. The van der Waals surface area contributed by atoms with Gasteiger partial charge in [-0.15, -0.1) is 0 Å². The van der Waals surface area contributed by atoms with Crippen molar-refractivity contribution in [3.05, 3.63) is 29.3 Å². The fourth-order valence-electron chi connectivity index (χ4n) is 3.52. The van der Waals surface area contributed by atoms with Crippen LogP contribution in [0.1, 0.15) is 30.4 Å². The Morgan fingerprint density at radius 1 is 1.40 bits per heavy atom. The second-order valence-electron chi connectivity index (χ2n) is 6.04. The van der Waals surface area contributed by atoms with E-state index in [-0.39, 0.29) is 5.91 Å². The number of anilines is 1. The Morgan fingerprint density at radius 3 is 3.05 bits per heavy atom. The van der Waals surface area contributed by atoms with Gasteiger partial charge < -0.3 is 16.0 Å². The number of amides is 1. The van der Waals surface area contributed by atoms with E-state index < -0.39 is 0 Å². The molecule has 2 unspecified atom stereocenters. The fraction of sp³-hybridized carbons (Fsp3) is 0.562. The fourth-order valence-corrected chi connectivity index (χ4v) is 3.52. The molecule has 1 aromatic carbocycles. The molecule has 2 aliphatic heterocycles. The molecule has 20 heavy (non-hydrogen) atoms. The standard InChI is InChI=1S/C16H23N3O/c1-11-2-4-15(13(8-11)9-17)19-7-6-14-12(10-19)3-5-16(20)18-14/h2,4,8,12,14H,3,5-7,9-10,17H2,1H3,(H,18,20). The average Bonchev–Trinajstić information content (AvgIpc) is 2.46. The maximum Gasteiger partial charge on any atom is 0.220 e. The van der Waals surface area contributed by atoms with Gasteiger partial charge in [-0.1, -0.05) is 17.7 Å². The molecule has 3 rings (SSSR count). The summed E-state index contributed by atoms with van der Waals surface area (Å²) in [6, 6.07) is 6.91. The largest absolute Gasteiger partial charge is 0.371 e. The third-order valence-electron chi connectivity index (χ3n) is 4.62. The van der Waals surface area contributed by atoms with E-state index in [4.69, 9.17) is 5.73 Å². The zero-order valence-electron chi connectivity index (χ0n) is 12.1. The van der Waals surface area contributed by atoms with E-state index in [1.54, 1.807) is 0 Å². The molecular formula is C16H23N3O. The second-order valence-corrected chi connectivity index (χ2v) is 6.04. The molecule has 1 amide bonds. The molecule has 0 aliphatic carbocycles. The lowest BCUT2D eigenvalue weighted by Crippen LogP contribution is -2.54. The predicted octanol–water partition coefficient (Wildman–Crippen LogP) is 1.56. The third kappa shape index (κ3) is 2.52. The number of carbonyl (C=O) groups is 1. The Morgan fingerprint density at radius 2 is 2.25 bits per heavy atom. The maximum absolute atomic E-state index is 11.5. The molecule has 4 nitrogen and oxygen atoms in total. The predicted molar refractivity (Wildman–Crippen MR) is 80.6 cm³/mol. The van der Waals surface area contributed by atoms with Crippen LogP contribution in [0.3, 0.4) is 0 Å². The van der Waals surface area contributed by atoms with Crippen LogP contribution in [0.2, 0.25) is 0 Å². The van der Waals surface area contributed by atoms with Crippen molar-refractivity contribution in [3.63, 3.8) is 0 Å². The van der Waals surface area contributed by atoms with Gasteiger partial charge in [0, 0.05) is 37.8 Å². The summed E-state index contributed by atoms with van der Waals surface area (Å²) in [5.41, 5.74) is 9.65. The second kappa shape index (κ2) is 5.44. The minimum Gasteiger partial charge on any atom is -0.371 e. The quantitative estimate of drug-likeness (QED) is 0.859. The number of nitrogens with zero attached hydrogens (tertiary/aromatic N) is 1. The molecule has 1 aromatic rings. The first-order chi connectivity index (χ1) is 9.67. The molecule has 108 valence electrons. The summed E-state index contributed by atoms with van der Waals surface area (Å²) in [6.45, 7) is 4.71. The number of nitrogens with one attached hydrogen (secondary N) is 1. The van der Waals surface area contributed by atoms with Crippen molar-refractivity contribution in [2.24, 2.45) is 11.7 Å². The number of hydrogen-bond donors (Lipinski definition) is 2. The van der Waals surface area contributed by atoms with Crippen LogP contribution in [0.25, 0.3) is 0 Å². The molecule has 2 aliphatic rings. The summed E-state index contributed by atoms with van der Waals surface area (Å²) in [5, 5.41) is 3.14. The third-order valence-corrected chi connectivity index (χ3v) is 4.62. The summed E-state index contributed by atoms with van der Waals surface area (Å²) in [4.78, 5) is 13.9. The molecule has 0 bridgehead atoms. The number of rotatable bonds is 2. The van der Waals surface area contributed by atoms with Gasteiger partial charge >= 0.3 is 0 Å². The van der Waals surface area contributed by atoms with Crippen molar-refractivity contribution in [1.82, 2.24) is 5.32 Å². The number of aryl methyl sites for hydroxylation is 1. The van der Waals surface area contributed by atoms with Gasteiger partial charge in [0.1, 0.15) is 0 Å². The van der Waals surface area contributed by atoms with Gasteiger partial charge in [0.25, 0.3) is 0 Å². The SMILES string of the molecule is Cc1ccc(N2CCC3NC(=O)CCC3C2)c(CN)c1. The average molecular weight is 273 g/mol. The molecule has 0 spiro atoms. The van der Waals surface area contributed by atoms with E-state index in [0.717, 1.165) is 25.9 Å². The Labute approximate surface area is 120 Å². The lowest BCUT2D eigenvalue weighted by Gasteiger charge is -2.43. The van der Waals surface area contributed by atoms with Crippen LogP contribution in [-0.4, -0.2) is 25.0 Å².